The quantitative estimate of drug-likeness (QED) is 0.527. The van der Waals surface area contributed by atoms with Gasteiger partial charge in [0.05, 0.1) is 17.6 Å². The molecule has 108 valence electrons. The normalized spacial score (nSPS) is 10.0. The highest BCUT2D eigenvalue weighted by Crippen LogP contribution is 2.23. The SMILES string of the molecule is COc1ncccc1NC(=O)c1cc([N+](=O)[O-])cnc1Cl. The van der Waals surface area contributed by atoms with Crippen LogP contribution >= 0.6 is 11.6 Å². The number of nitro groups is 1. The van der Waals surface area contributed by atoms with Crippen LogP contribution in [0.3, 0.4) is 0 Å². The number of carbonyl (C=O) groups is 1. The molecule has 2 aromatic heterocycles. The summed E-state index contributed by atoms with van der Waals surface area (Å²) in [7, 11) is 1.40. The summed E-state index contributed by atoms with van der Waals surface area (Å²) < 4.78 is 4.99. The van der Waals surface area contributed by atoms with Crippen molar-refractivity contribution in [2.75, 3.05) is 12.4 Å². The van der Waals surface area contributed by atoms with Gasteiger partial charge in [0, 0.05) is 12.3 Å². The Kier molecular flexibility index (Phi) is 4.29. The van der Waals surface area contributed by atoms with E-state index < -0.39 is 10.8 Å². The van der Waals surface area contributed by atoms with Crippen molar-refractivity contribution in [1.29, 1.82) is 0 Å². The number of nitrogens with zero attached hydrogens (tertiary/aromatic N) is 3. The van der Waals surface area contributed by atoms with Gasteiger partial charge in [-0.15, -0.1) is 0 Å². The van der Waals surface area contributed by atoms with Crippen molar-refractivity contribution in [2.45, 2.75) is 0 Å². The molecule has 0 radical (unpaired) electrons. The first-order valence-electron chi connectivity index (χ1n) is 5.63. The fraction of sp³-hybridized carbons (Fsp3) is 0.0833. The van der Waals surface area contributed by atoms with Gasteiger partial charge in [-0.25, -0.2) is 9.97 Å². The fourth-order valence-electron chi connectivity index (χ4n) is 1.53. The van der Waals surface area contributed by atoms with Crippen molar-refractivity contribution >= 4 is 28.9 Å². The molecular formula is C12H9ClN4O4. The maximum Gasteiger partial charge on any atom is 0.288 e. The van der Waals surface area contributed by atoms with Crippen LogP contribution in [0.25, 0.3) is 0 Å². The number of carbonyl (C=O) groups excluding carboxylic acids is 1. The lowest BCUT2D eigenvalue weighted by atomic mass is 10.2. The third-order valence-electron chi connectivity index (χ3n) is 2.49. The zero-order chi connectivity index (χ0) is 15.4. The minimum Gasteiger partial charge on any atom is -0.480 e. The maximum atomic E-state index is 12.1. The van der Waals surface area contributed by atoms with Gasteiger partial charge in [0.15, 0.2) is 0 Å². The summed E-state index contributed by atoms with van der Waals surface area (Å²) in [6.07, 6.45) is 2.47. The van der Waals surface area contributed by atoms with E-state index in [0.29, 0.717) is 5.69 Å². The Morgan fingerprint density at radius 2 is 2.24 bits per heavy atom. The molecular weight excluding hydrogens is 300 g/mol. The van der Waals surface area contributed by atoms with Crippen LogP contribution in [0.4, 0.5) is 11.4 Å². The zero-order valence-electron chi connectivity index (χ0n) is 10.7. The van der Waals surface area contributed by atoms with E-state index in [2.05, 4.69) is 15.3 Å². The molecule has 0 saturated carbocycles. The van der Waals surface area contributed by atoms with E-state index in [4.69, 9.17) is 16.3 Å². The lowest BCUT2D eigenvalue weighted by molar-refractivity contribution is -0.385. The number of hydrogen-bond acceptors (Lipinski definition) is 6. The Bertz CT molecular complexity index is 707. The van der Waals surface area contributed by atoms with Crippen LogP contribution in [0.2, 0.25) is 5.15 Å². The van der Waals surface area contributed by atoms with Gasteiger partial charge in [-0.2, -0.15) is 0 Å². The molecule has 0 aromatic carbocycles. The molecule has 0 spiro atoms. The molecule has 0 unspecified atom stereocenters. The van der Waals surface area contributed by atoms with Crippen molar-refractivity contribution in [2.24, 2.45) is 0 Å². The lowest BCUT2D eigenvalue weighted by Crippen LogP contribution is -2.14. The first kappa shape index (κ1) is 14.7. The summed E-state index contributed by atoms with van der Waals surface area (Å²) in [6, 6.07) is 4.22. The molecule has 21 heavy (non-hydrogen) atoms. The smallest absolute Gasteiger partial charge is 0.288 e. The molecule has 0 aliphatic heterocycles. The number of ether oxygens (including phenoxy) is 1. The van der Waals surface area contributed by atoms with Crippen LogP contribution in [-0.2, 0) is 0 Å². The van der Waals surface area contributed by atoms with E-state index in [1.54, 1.807) is 12.1 Å². The van der Waals surface area contributed by atoms with Gasteiger partial charge >= 0.3 is 0 Å². The summed E-state index contributed by atoms with van der Waals surface area (Å²) in [6.45, 7) is 0. The Morgan fingerprint density at radius 3 is 2.90 bits per heavy atom. The number of aromatic nitrogens is 2. The van der Waals surface area contributed by atoms with Crippen LogP contribution in [0.15, 0.2) is 30.6 Å². The van der Waals surface area contributed by atoms with E-state index in [9.17, 15) is 14.9 Å². The van der Waals surface area contributed by atoms with Crippen LogP contribution in [-0.4, -0.2) is 27.9 Å². The summed E-state index contributed by atoms with van der Waals surface area (Å²) in [4.78, 5) is 29.7. The third kappa shape index (κ3) is 3.23. The number of nitrogens with one attached hydrogen (secondary N) is 1. The standard InChI is InChI=1S/C12H9ClN4O4/c1-21-12-9(3-2-4-14-12)16-11(18)8-5-7(17(19)20)6-15-10(8)13/h2-6H,1H3,(H,16,18). The molecule has 1 N–H and O–H groups in total. The molecule has 1 amide bonds. The van der Waals surface area contributed by atoms with E-state index in [1.165, 1.54) is 13.3 Å². The second kappa shape index (κ2) is 6.14. The molecule has 2 aromatic rings. The topological polar surface area (TPSA) is 107 Å². The molecule has 8 nitrogen and oxygen atoms in total. The van der Waals surface area contributed by atoms with Crippen molar-refractivity contribution in [3.63, 3.8) is 0 Å². The number of hydrogen-bond donors (Lipinski definition) is 1. The first-order chi connectivity index (χ1) is 10.0. The first-order valence-corrected chi connectivity index (χ1v) is 6.01. The number of amides is 1. The van der Waals surface area contributed by atoms with Crippen molar-refractivity contribution in [3.05, 3.63) is 51.4 Å². The predicted octanol–water partition coefficient (Wildman–Crippen LogP) is 2.30. The van der Waals surface area contributed by atoms with Crippen LogP contribution < -0.4 is 10.1 Å². The van der Waals surface area contributed by atoms with Gasteiger partial charge in [-0.05, 0) is 12.1 Å². The Hall–Kier alpha value is -2.74. The lowest BCUT2D eigenvalue weighted by Gasteiger charge is -2.09. The molecule has 0 bridgehead atoms. The van der Waals surface area contributed by atoms with E-state index >= 15 is 0 Å². The van der Waals surface area contributed by atoms with E-state index in [-0.39, 0.29) is 22.3 Å². The number of halogens is 1. The molecule has 0 aliphatic rings. The minimum absolute atomic E-state index is 0.114. The number of pyridine rings is 2. The molecule has 2 heterocycles. The Labute approximate surface area is 123 Å². The van der Waals surface area contributed by atoms with E-state index in [0.717, 1.165) is 12.3 Å². The van der Waals surface area contributed by atoms with Crippen molar-refractivity contribution < 1.29 is 14.5 Å². The highest BCUT2D eigenvalue weighted by Gasteiger charge is 2.18. The average Bonchev–Trinajstić information content (AvgIpc) is 2.47. The van der Waals surface area contributed by atoms with Gasteiger partial charge in [-0.1, -0.05) is 11.6 Å². The molecule has 2 rings (SSSR count). The summed E-state index contributed by atoms with van der Waals surface area (Å²) in [5.74, 6) is -0.442. The zero-order valence-corrected chi connectivity index (χ0v) is 11.5. The van der Waals surface area contributed by atoms with Crippen LogP contribution in [0.5, 0.6) is 5.88 Å². The molecule has 0 fully saturated rings. The average molecular weight is 309 g/mol. The van der Waals surface area contributed by atoms with Gasteiger partial charge in [-0.3, -0.25) is 14.9 Å². The van der Waals surface area contributed by atoms with Crippen molar-refractivity contribution in [1.82, 2.24) is 9.97 Å². The molecule has 0 aliphatic carbocycles. The fourth-order valence-corrected chi connectivity index (χ4v) is 1.72. The highest BCUT2D eigenvalue weighted by molar-refractivity contribution is 6.33. The van der Waals surface area contributed by atoms with E-state index in [1.807, 2.05) is 0 Å². The summed E-state index contributed by atoms with van der Waals surface area (Å²) in [5, 5.41) is 13.1. The Morgan fingerprint density at radius 1 is 1.48 bits per heavy atom. The number of anilines is 1. The van der Waals surface area contributed by atoms with Gasteiger partial charge < -0.3 is 10.1 Å². The van der Waals surface area contributed by atoms with Gasteiger partial charge in [0.25, 0.3) is 11.6 Å². The number of rotatable bonds is 4. The predicted molar refractivity (Wildman–Crippen MR) is 74.6 cm³/mol. The Balaban J connectivity index is 2.32. The monoisotopic (exact) mass is 308 g/mol. The second-order valence-electron chi connectivity index (χ2n) is 3.80. The third-order valence-corrected chi connectivity index (χ3v) is 2.79. The largest absolute Gasteiger partial charge is 0.480 e. The second-order valence-corrected chi connectivity index (χ2v) is 4.16. The number of methoxy groups -OCH3 is 1. The summed E-state index contributed by atoms with van der Waals surface area (Å²) >= 11 is 5.79. The maximum absolute atomic E-state index is 12.1. The van der Waals surface area contributed by atoms with Gasteiger partial charge in [0.1, 0.15) is 17.0 Å². The highest BCUT2D eigenvalue weighted by atomic mass is 35.5. The molecule has 0 atom stereocenters. The van der Waals surface area contributed by atoms with Gasteiger partial charge in [0.2, 0.25) is 5.88 Å². The summed E-state index contributed by atoms with van der Waals surface area (Å²) in [5.41, 5.74) is -0.132. The molecule has 0 saturated heterocycles. The van der Waals surface area contributed by atoms with Crippen molar-refractivity contribution in [3.8, 4) is 5.88 Å². The minimum atomic E-state index is -0.662. The molecule has 9 heteroatoms. The van der Waals surface area contributed by atoms with Crippen LogP contribution in [0, 0.1) is 10.1 Å². The van der Waals surface area contributed by atoms with Crippen LogP contribution in [0.1, 0.15) is 10.4 Å².